The minimum Gasteiger partial charge on any atom is -0.428 e. The molecule has 0 aliphatic rings. The van der Waals surface area contributed by atoms with Crippen molar-refractivity contribution in [3.8, 4) is 0 Å². The van der Waals surface area contributed by atoms with Crippen LogP contribution in [0.15, 0.2) is 0 Å². The van der Waals surface area contributed by atoms with Gasteiger partial charge in [-0.15, -0.1) is 0 Å². The SMILES string of the molecule is CC(=O)OCOC(=O)NCCCS(=O)(=O)O. The summed E-state index contributed by atoms with van der Waals surface area (Å²) >= 11 is 0. The fourth-order valence-electron chi connectivity index (χ4n) is 0.662. The third kappa shape index (κ3) is 10.7. The molecule has 0 unspecified atom stereocenters. The van der Waals surface area contributed by atoms with Crippen LogP contribution in [0.4, 0.5) is 4.79 Å². The Kier molecular flexibility index (Phi) is 6.42. The lowest BCUT2D eigenvalue weighted by molar-refractivity contribution is -0.149. The molecule has 2 N–H and O–H groups in total. The third-order valence-electron chi connectivity index (χ3n) is 1.30. The molecule has 94 valence electrons. The number of alkyl carbamates (subject to hydrolysis) is 1. The van der Waals surface area contributed by atoms with E-state index in [1.807, 2.05) is 0 Å². The van der Waals surface area contributed by atoms with Gasteiger partial charge in [-0.3, -0.25) is 9.35 Å². The first-order chi connectivity index (χ1) is 7.31. The van der Waals surface area contributed by atoms with E-state index in [9.17, 15) is 18.0 Å². The molecule has 9 heteroatoms. The number of esters is 1. The van der Waals surface area contributed by atoms with Crippen LogP contribution in [0.25, 0.3) is 0 Å². The third-order valence-corrected chi connectivity index (χ3v) is 2.11. The van der Waals surface area contributed by atoms with Crippen molar-refractivity contribution in [1.29, 1.82) is 0 Å². The number of rotatable bonds is 6. The Morgan fingerprint density at radius 2 is 1.94 bits per heavy atom. The molecule has 0 radical (unpaired) electrons. The molecule has 0 heterocycles. The fraction of sp³-hybridized carbons (Fsp3) is 0.714. The van der Waals surface area contributed by atoms with E-state index >= 15 is 0 Å². The predicted octanol–water partition coefficient (Wildman–Crippen LogP) is -0.489. The number of carbonyl (C=O) groups is 2. The van der Waals surface area contributed by atoms with Gasteiger partial charge in [0.2, 0.25) is 6.79 Å². The lowest BCUT2D eigenvalue weighted by Gasteiger charge is -2.05. The minimum absolute atomic E-state index is 0.0265. The number of amides is 1. The van der Waals surface area contributed by atoms with Crippen LogP contribution in [0, 0.1) is 0 Å². The Morgan fingerprint density at radius 1 is 1.31 bits per heavy atom. The van der Waals surface area contributed by atoms with Gasteiger partial charge < -0.3 is 14.8 Å². The van der Waals surface area contributed by atoms with Crippen LogP contribution >= 0.6 is 0 Å². The van der Waals surface area contributed by atoms with Crippen molar-refractivity contribution in [1.82, 2.24) is 5.32 Å². The van der Waals surface area contributed by atoms with Gasteiger partial charge in [0.25, 0.3) is 10.1 Å². The number of hydrogen-bond acceptors (Lipinski definition) is 6. The highest BCUT2D eigenvalue weighted by molar-refractivity contribution is 7.85. The number of nitrogens with one attached hydrogen (secondary N) is 1. The maximum absolute atomic E-state index is 10.8. The molecule has 1 amide bonds. The Morgan fingerprint density at radius 3 is 2.44 bits per heavy atom. The zero-order valence-corrected chi connectivity index (χ0v) is 9.45. The maximum Gasteiger partial charge on any atom is 0.410 e. The van der Waals surface area contributed by atoms with Gasteiger partial charge in [-0.05, 0) is 6.42 Å². The summed E-state index contributed by atoms with van der Waals surface area (Å²) < 4.78 is 37.6. The summed E-state index contributed by atoms with van der Waals surface area (Å²) in [7, 11) is -4.01. The minimum atomic E-state index is -4.01. The fourth-order valence-corrected chi connectivity index (χ4v) is 1.17. The van der Waals surface area contributed by atoms with E-state index in [1.165, 1.54) is 0 Å². The van der Waals surface area contributed by atoms with Crippen LogP contribution in [0.3, 0.4) is 0 Å². The summed E-state index contributed by atoms with van der Waals surface area (Å²) in [6, 6.07) is 0. The lowest BCUT2D eigenvalue weighted by Crippen LogP contribution is -2.27. The molecule has 0 spiro atoms. The molecule has 0 aliphatic heterocycles. The Balaban J connectivity index is 3.48. The van der Waals surface area contributed by atoms with Crippen LogP contribution in [-0.2, 0) is 24.4 Å². The van der Waals surface area contributed by atoms with E-state index in [1.54, 1.807) is 0 Å². The molecule has 0 aliphatic carbocycles. The van der Waals surface area contributed by atoms with E-state index in [4.69, 9.17) is 4.55 Å². The van der Waals surface area contributed by atoms with Crippen molar-refractivity contribution in [3.63, 3.8) is 0 Å². The molecular weight excluding hydrogens is 242 g/mol. The van der Waals surface area contributed by atoms with Crippen molar-refractivity contribution in [2.24, 2.45) is 0 Å². The summed E-state index contributed by atoms with van der Waals surface area (Å²) in [6.45, 7) is 0.686. The van der Waals surface area contributed by atoms with Crippen LogP contribution < -0.4 is 5.32 Å². The van der Waals surface area contributed by atoms with Crippen molar-refractivity contribution in [2.45, 2.75) is 13.3 Å². The molecule has 0 saturated carbocycles. The molecule has 0 fully saturated rings. The van der Waals surface area contributed by atoms with E-state index in [0.717, 1.165) is 6.92 Å². The highest BCUT2D eigenvalue weighted by atomic mass is 32.2. The number of hydrogen-bond donors (Lipinski definition) is 2. The number of carbonyl (C=O) groups excluding carboxylic acids is 2. The van der Waals surface area contributed by atoms with Crippen molar-refractivity contribution >= 4 is 22.2 Å². The monoisotopic (exact) mass is 255 g/mol. The summed E-state index contributed by atoms with van der Waals surface area (Å²) in [4.78, 5) is 21.1. The quantitative estimate of drug-likeness (QED) is 0.284. The average molecular weight is 255 g/mol. The zero-order valence-electron chi connectivity index (χ0n) is 8.63. The predicted molar refractivity (Wildman–Crippen MR) is 52.1 cm³/mol. The molecule has 0 aromatic heterocycles. The smallest absolute Gasteiger partial charge is 0.410 e. The van der Waals surface area contributed by atoms with Gasteiger partial charge in [-0.1, -0.05) is 0 Å². The Bertz CT molecular complexity index is 337. The van der Waals surface area contributed by atoms with Gasteiger partial charge in [-0.25, -0.2) is 4.79 Å². The second-order valence-corrected chi connectivity index (χ2v) is 4.32. The molecule has 0 aromatic carbocycles. The first-order valence-corrected chi connectivity index (χ1v) is 5.91. The van der Waals surface area contributed by atoms with Crippen LogP contribution in [0.1, 0.15) is 13.3 Å². The molecule has 0 atom stereocenters. The Hall–Kier alpha value is -1.35. The first kappa shape index (κ1) is 14.6. The molecule has 0 saturated heterocycles. The maximum atomic E-state index is 10.8. The van der Waals surface area contributed by atoms with Gasteiger partial charge in [0.15, 0.2) is 0 Å². The van der Waals surface area contributed by atoms with E-state index < -0.39 is 34.7 Å². The van der Waals surface area contributed by atoms with Crippen molar-refractivity contribution in [2.75, 3.05) is 19.1 Å². The number of ether oxygens (including phenoxy) is 2. The van der Waals surface area contributed by atoms with Crippen molar-refractivity contribution in [3.05, 3.63) is 0 Å². The highest BCUT2D eigenvalue weighted by Crippen LogP contribution is 1.87. The molecule has 0 aromatic rings. The zero-order chi connectivity index (χ0) is 12.6. The molecular formula is C7H13NO7S. The first-order valence-electron chi connectivity index (χ1n) is 4.30. The summed E-state index contributed by atoms with van der Waals surface area (Å²) in [5.41, 5.74) is 0. The van der Waals surface area contributed by atoms with Crippen LogP contribution in [0.5, 0.6) is 0 Å². The van der Waals surface area contributed by atoms with Crippen LogP contribution in [0.2, 0.25) is 0 Å². The van der Waals surface area contributed by atoms with Gasteiger partial charge in [0.1, 0.15) is 0 Å². The van der Waals surface area contributed by atoms with E-state index in [0.29, 0.717) is 0 Å². The standard InChI is InChI=1S/C7H13NO7S/c1-6(9)14-5-15-7(10)8-3-2-4-16(11,12)13/h2-5H2,1H3,(H,8,10)(H,11,12,13). The van der Waals surface area contributed by atoms with Gasteiger partial charge in [-0.2, -0.15) is 8.42 Å². The Labute approximate surface area is 92.7 Å². The summed E-state index contributed by atoms with van der Waals surface area (Å²) in [5.74, 6) is -1.03. The van der Waals surface area contributed by atoms with E-state index in [2.05, 4.69) is 14.8 Å². The largest absolute Gasteiger partial charge is 0.428 e. The van der Waals surface area contributed by atoms with Gasteiger partial charge in [0, 0.05) is 13.5 Å². The second-order valence-electron chi connectivity index (χ2n) is 2.75. The topological polar surface area (TPSA) is 119 Å². The van der Waals surface area contributed by atoms with Gasteiger partial charge in [0.05, 0.1) is 5.75 Å². The second kappa shape index (κ2) is 7.01. The lowest BCUT2D eigenvalue weighted by atomic mass is 10.5. The van der Waals surface area contributed by atoms with Crippen molar-refractivity contribution < 1.29 is 32.0 Å². The molecule has 16 heavy (non-hydrogen) atoms. The average Bonchev–Trinajstić information content (AvgIpc) is 2.10. The highest BCUT2D eigenvalue weighted by Gasteiger charge is 2.05. The summed E-state index contributed by atoms with van der Waals surface area (Å²) in [5, 5.41) is 2.20. The summed E-state index contributed by atoms with van der Waals surface area (Å²) in [6.07, 6.45) is -0.779. The molecule has 0 bridgehead atoms. The molecule has 0 rings (SSSR count). The molecule has 8 nitrogen and oxygen atoms in total. The van der Waals surface area contributed by atoms with Crippen LogP contribution in [-0.4, -0.2) is 44.1 Å². The normalized spacial score (nSPS) is 10.6. The van der Waals surface area contributed by atoms with Gasteiger partial charge >= 0.3 is 12.1 Å². The van der Waals surface area contributed by atoms with E-state index in [-0.39, 0.29) is 13.0 Å².